The van der Waals surface area contributed by atoms with E-state index in [0.717, 1.165) is 22.2 Å². The van der Waals surface area contributed by atoms with Gasteiger partial charge in [-0.2, -0.15) is 0 Å². The lowest BCUT2D eigenvalue weighted by atomic mass is 9.97. The van der Waals surface area contributed by atoms with Gasteiger partial charge in [-0.05, 0) is 37.6 Å². The van der Waals surface area contributed by atoms with E-state index in [4.69, 9.17) is 4.74 Å². The van der Waals surface area contributed by atoms with Gasteiger partial charge < -0.3 is 19.9 Å². The highest BCUT2D eigenvalue weighted by Crippen LogP contribution is 2.25. The van der Waals surface area contributed by atoms with Gasteiger partial charge in [0.05, 0.1) is 13.5 Å². The smallest absolute Gasteiger partial charge is 0.245 e. The molecule has 23 heavy (non-hydrogen) atoms. The number of aromatic nitrogens is 1. The Balaban J connectivity index is 1.87. The third kappa shape index (κ3) is 2.65. The van der Waals surface area contributed by atoms with Crippen LogP contribution in [0.4, 0.5) is 0 Å². The van der Waals surface area contributed by atoms with E-state index < -0.39 is 5.54 Å². The second kappa shape index (κ2) is 5.61. The number of amides is 2. The largest absolute Gasteiger partial charge is 0.497 e. The minimum absolute atomic E-state index is 0.0476. The summed E-state index contributed by atoms with van der Waals surface area (Å²) in [4.78, 5) is 29.6. The summed E-state index contributed by atoms with van der Waals surface area (Å²) in [5.41, 5.74) is 1.05. The zero-order valence-corrected chi connectivity index (χ0v) is 13.6. The van der Waals surface area contributed by atoms with Crippen molar-refractivity contribution in [1.29, 1.82) is 0 Å². The average Bonchev–Trinajstić information content (AvgIpc) is 2.92. The van der Waals surface area contributed by atoms with E-state index >= 15 is 0 Å². The van der Waals surface area contributed by atoms with Crippen LogP contribution in [0.5, 0.6) is 5.75 Å². The molecule has 1 aliphatic rings. The fourth-order valence-electron chi connectivity index (χ4n) is 3.03. The number of carbonyl (C=O) groups excluding carboxylic acids is 2. The summed E-state index contributed by atoms with van der Waals surface area (Å²) >= 11 is 0. The van der Waals surface area contributed by atoms with Crippen molar-refractivity contribution in [2.24, 2.45) is 0 Å². The second-order valence-corrected chi connectivity index (χ2v) is 6.26. The summed E-state index contributed by atoms with van der Waals surface area (Å²) in [6, 6.07) is 5.73. The molecule has 0 atom stereocenters. The standard InChI is InChI=1S/C17H21N3O3/c1-17(2)16(22)18-6-7-20(17)15(21)8-11-10-19-14-5-4-12(23-3)9-13(11)14/h4-5,9-10,19H,6-8H2,1-3H3,(H,18,22). The normalized spacial score (nSPS) is 17.2. The first-order chi connectivity index (χ1) is 10.9. The molecule has 2 N–H and O–H groups in total. The van der Waals surface area contributed by atoms with Gasteiger partial charge >= 0.3 is 0 Å². The molecule has 0 spiro atoms. The number of ether oxygens (including phenoxy) is 1. The van der Waals surface area contributed by atoms with Crippen molar-refractivity contribution < 1.29 is 14.3 Å². The number of benzene rings is 1. The molecule has 1 saturated heterocycles. The lowest BCUT2D eigenvalue weighted by molar-refractivity contribution is -0.148. The Morgan fingerprint density at radius 1 is 1.39 bits per heavy atom. The molecule has 1 aromatic heterocycles. The number of carbonyl (C=O) groups is 2. The van der Waals surface area contributed by atoms with Crippen molar-refractivity contribution in [3.63, 3.8) is 0 Å². The Morgan fingerprint density at radius 3 is 2.91 bits per heavy atom. The lowest BCUT2D eigenvalue weighted by Crippen LogP contribution is -2.63. The van der Waals surface area contributed by atoms with Gasteiger partial charge in [0.25, 0.3) is 0 Å². The van der Waals surface area contributed by atoms with E-state index in [1.165, 1.54) is 0 Å². The van der Waals surface area contributed by atoms with Crippen LogP contribution in [0.15, 0.2) is 24.4 Å². The molecule has 0 saturated carbocycles. The molecule has 1 aromatic carbocycles. The summed E-state index contributed by atoms with van der Waals surface area (Å²) in [6.07, 6.45) is 2.10. The molecular weight excluding hydrogens is 294 g/mol. The van der Waals surface area contributed by atoms with Crippen molar-refractivity contribution >= 4 is 22.7 Å². The number of H-pyrrole nitrogens is 1. The van der Waals surface area contributed by atoms with Crippen molar-refractivity contribution in [2.75, 3.05) is 20.2 Å². The zero-order valence-electron chi connectivity index (χ0n) is 13.6. The molecule has 122 valence electrons. The van der Waals surface area contributed by atoms with Crippen LogP contribution in [-0.2, 0) is 16.0 Å². The Hall–Kier alpha value is -2.50. The quantitative estimate of drug-likeness (QED) is 0.900. The van der Waals surface area contributed by atoms with Crippen molar-refractivity contribution in [3.8, 4) is 5.75 Å². The number of aromatic amines is 1. The summed E-state index contributed by atoms with van der Waals surface area (Å²) in [5, 5.41) is 3.77. The maximum Gasteiger partial charge on any atom is 0.245 e. The van der Waals surface area contributed by atoms with Gasteiger partial charge in [-0.1, -0.05) is 0 Å². The highest BCUT2D eigenvalue weighted by atomic mass is 16.5. The van der Waals surface area contributed by atoms with E-state index in [1.807, 2.05) is 24.4 Å². The zero-order chi connectivity index (χ0) is 16.6. The molecule has 0 radical (unpaired) electrons. The number of methoxy groups -OCH3 is 1. The third-order valence-electron chi connectivity index (χ3n) is 4.47. The summed E-state index contributed by atoms with van der Waals surface area (Å²) in [7, 11) is 1.62. The molecule has 0 aliphatic carbocycles. The third-order valence-corrected chi connectivity index (χ3v) is 4.47. The number of nitrogens with zero attached hydrogens (tertiary/aromatic N) is 1. The maximum absolute atomic E-state index is 12.7. The number of nitrogens with one attached hydrogen (secondary N) is 2. The van der Waals surface area contributed by atoms with Gasteiger partial charge in [0.15, 0.2) is 0 Å². The predicted octanol–water partition coefficient (Wildman–Crippen LogP) is 1.46. The topological polar surface area (TPSA) is 74.4 Å². The minimum atomic E-state index is -0.820. The number of hydrogen-bond donors (Lipinski definition) is 2. The van der Waals surface area contributed by atoms with Crippen LogP contribution in [0.3, 0.4) is 0 Å². The number of piperazine rings is 1. The van der Waals surface area contributed by atoms with Crippen LogP contribution in [-0.4, -0.2) is 47.4 Å². The Labute approximate surface area is 134 Å². The van der Waals surface area contributed by atoms with Gasteiger partial charge in [0, 0.05) is 30.2 Å². The summed E-state index contributed by atoms with van der Waals surface area (Å²) in [5.74, 6) is 0.592. The fraction of sp³-hybridized carbons (Fsp3) is 0.412. The van der Waals surface area contributed by atoms with Crippen LogP contribution in [0.25, 0.3) is 10.9 Å². The lowest BCUT2D eigenvalue weighted by Gasteiger charge is -2.41. The van der Waals surface area contributed by atoms with E-state index in [2.05, 4.69) is 10.3 Å². The molecule has 2 heterocycles. The van der Waals surface area contributed by atoms with Crippen molar-refractivity contribution in [2.45, 2.75) is 25.8 Å². The fourth-order valence-corrected chi connectivity index (χ4v) is 3.03. The van der Waals surface area contributed by atoms with Gasteiger partial charge in [-0.3, -0.25) is 9.59 Å². The van der Waals surface area contributed by atoms with E-state index in [9.17, 15) is 9.59 Å². The molecule has 1 aliphatic heterocycles. The Kier molecular flexibility index (Phi) is 3.75. The predicted molar refractivity (Wildman–Crippen MR) is 87.4 cm³/mol. The Morgan fingerprint density at radius 2 is 2.17 bits per heavy atom. The maximum atomic E-state index is 12.7. The van der Waals surface area contributed by atoms with Crippen LogP contribution in [0, 0.1) is 0 Å². The van der Waals surface area contributed by atoms with Crippen LogP contribution in [0.1, 0.15) is 19.4 Å². The molecule has 6 nitrogen and oxygen atoms in total. The van der Waals surface area contributed by atoms with Gasteiger partial charge in [0.1, 0.15) is 11.3 Å². The summed E-state index contributed by atoms with van der Waals surface area (Å²) in [6.45, 7) is 4.58. The Bertz CT molecular complexity index is 764. The number of fused-ring (bicyclic) bond motifs is 1. The van der Waals surface area contributed by atoms with Crippen molar-refractivity contribution in [3.05, 3.63) is 30.0 Å². The summed E-state index contributed by atoms with van der Waals surface area (Å²) < 4.78 is 5.25. The average molecular weight is 315 g/mol. The van der Waals surface area contributed by atoms with Gasteiger partial charge in [-0.15, -0.1) is 0 Å². The number of hydrogen-bond acceptors (Lipinski definition) is 3. The van der Waals surface area contributed by atoms with Crippen LogP contribution in [0.2, 0.25) is 0 Å². The van der Waals surface area contributed by atoms with E-state index in [-0.39, 0.29) is 18.2 Å². The highest BCUT2D eigenvalue weighted by Gasteiger charge is 2.40. The molecular formula is C17H21N3O3. The first kappa shape index (κ1) is 15.4. The molecule has 6 heteroatoms. The van der Waals surface area contributed by atoms with Crippen molar-refractivity contribution in [1.82, 2.24) is 15.2 Å². The van der Waals surface area contributed by atoms with Crippen LogP contribution >= 0.6 is 0 Å². The molecule has 1 fully saturated rings. The molecule has 2 amide bonds. The van der Waals surface area contributed by atoms with Crippen LogP contribution < -0.4 is 10.1 Å². The van der Waals surface area contributed by atoms with Gasteiger partial charge in [0.2, 0.25) is 11.8 Å². The first-order valence-corrected chi connectivity index (χ1v) is 7.66. The highest BCUT2D eigenvalue weighted by molar-refractivity contribution is 5.94. The number of rotatable bonds is 3. The molecule has 2 aromatic rings. The molecule has 0 bridgehead atoms. The van der Waals surface area contributed by atoms with Gasteiger partial charge in [-0.25, -0.2) is 0 Å². The second-order valence-electron chi connectivity index (χ2n) is 6.26. The first-order valence-electron chi connectivity index (χ1n) is 7.66. The SMILES string of the molecule is COc1ccc2[nH]cc(CC(=O)N3CCNC(=O)C3(C)C)c2c1. The molecule has 3 rings (SSSR count). The molecule has 0 unspecified atom stereocenters. The monoisotopic (exact) mass is 315 g/mol. The minimum Gasteiger partial charge on any atom is -0.497 e. The van der Waals surface area contributed by atoms with E-state index in [1.54, 1.807) is 25.9 Å². The van der Waals surface area contributed by atoms with E-state index in [0.29, 0.717) is 13.1 Å².